The topological polar surface area (TPSA) is 85.9 Å². The third-order valence-electron chi connectivity index (χ3n) is 5.52. The van der Waals surface area contributed by atoms with Crippen molar-refractivity contribution in [1.29, 1.82) is 0 Å². The standard InChI is InChI=1S/C20H24N4O3/c1-11-8-14(15-6-5-7-16(15)19(11)26-4)9-17-12(2)22-24(13(17)3)10-18-21-20(25)27-23-18/h8H,5-7,9-10H2,1-4H3,(H,21,23,25). The molecule has 0 atom stereocenters. The fraction of sp³-hybridized carbons (Fsp3) is 0.450. The second-order valence-corrected chi connectivity index (χ2v) is 7.22. The Morgan fingerprint density at radius 3 is 2.74 bits per heavy atom. The fourth-order valence-electron chi connectivity index (χ4n) is 4.25. The van der Waals surface area contributed by atoms with Crippen molar-refractivity contribution >= 4 is 0 Å². The number of hydrogen-bond donors (Lipinski definition) is 1. The molecule has 1 aromatic carbocycles. The van der Waals surface area contributed by atoms with Gasteiger partial charge in [0.25, 0.3) is 0 Å². The number of aryl methyl sites for hydroxylation is 2. The summed E-state index contributed by atoms with van der Waals surface area (Å²) in [7, 11) is 1.76. The Bertz CT molecular complexity index is 1060. The summed E-state index contributed by atoms with van der Waals surface area (Å²) >= 11 is 0. The van der Waals surface area contributed by atoms with E-state index in [4.69, 9.17) is 4.74 Å². The smallest absolute Gasteiger partial charge is 0.438 e. The average molecular weight is 368 g/mol. The molecule has 0 saturated carbocycles. The van der Waals surface area contributed by atoms with E-state index in [9.17, 15) is 4.79 Å². The highest BCUT2D eigenvalue weighted by Crippen LogP contribution is 2.37. The number of aromatic amines is 1. The molecule has 2 aromatic heterocycles. The summed E-state index contributed by atoms with van der Waals surface area (Å²) in [6.07, 6.45) is 4.22. The van der Waals surface area contributed by atoms with Crippen LogP contribution in [0.5, 0.6) is 5.75 Å². The first-order valence-electron chi connectivity index (χ1n) is 9.24. The van der Waals surface area contributed by atoms with E-state index in [-0.39, 0.29) is 0 Å². The molecule has 0 unspecified atom stereocenters. The molecule has 0 amide bonds. The minimum atomic E-state index is -0.545. The number of hydrogen-bond acceptors (Lipinski definition) is 5. The van der Waals surface area contributed by atoms with Crippen LogP contribution in [0.25, 0.3) is 0 Å². The number of nitrogens with zero attached hydrogens (tertiary/aromatic N) is 3. The summed E-state index contributed by atoms with van der Waals surface area (Å²) in [6, 6.07) is 2.26. The minimum absolute atomic E-state index is 0.387. The lowest BCUT2D eigenvalue weighted by Gasteiger charge is -2.16. The van der Waals surface area contributed by atoms with Crippen molar-refractivity contribution in [2.45, 2.75) is 53.0 Å². The fourth-order valence-corrected chi connectivity index (χ4v) is 4.25. The molecule has 1 aliphatic rings. The molecule has 1 aliphatic carbocycles. The third-order valence-corrected chi connectivity index (χ3v) is 5.52. The minimum Gasteiger partial charge on any atom is -0.496 e. The van der Waals surface area contributed by atoms with Crippen molar-refractivity contribution in [2.24, 2.45) is 0 Å². The van der Waals surface area contributed by atoms with Gasteiger partial charge < -0.3 is 4.74 Å². The molecule has 1 N–H and O–H groups in total. The Labute approximate surface area is 157 Å². The monoisotopic (exact) mass is 368 g/mol. The average Bonchev–Trinajstić information content (AvgIpc) is 3.32. The summed E-state index contributed by atoms with van der Waals surface area (Å²) in [5.74, 6) is 0.972. The van der Waals surface area contributed by atoms with Crippen molar-refractivity contribution in [3.05, 3.63) is 61.6 Å². The molecule has 7 heteroatoms. The summed E-state index contributed by atoms with van der Waals surface area (Å²) in [4.78, 5) is 13.7. The number of fused-ring (bicyclic) bond motifs is 1. The van der Waals surface area contributed by atoms with E-state index >= 15 is 0 Å². The summed E-state index contributed by atoms with van der Waals surface area (Å²) in [5, 5.41) is 8.38. The van der Waals surface area contributed by atoms with Gasteiger partial charge in [-0.1, -0.05) is 11.2 Å². The third kappa shape index (κ3) is 3.07. The molecule has 7 nitrogen and oxygen atoms in total. The molecule has 27 heavy (non-hydrogen) atoms. The highest BCUT2D eigenvalue weighted by molar-refractivity contribution is 5.53. The van der Waals surface area contributed by atoms with Crippen molar-refractivity contribution in [3.63, 3.8) is 0 Å². The maximum absolute atomic E-state index is 11.1. The van der Waals surface area contributed by atoms with Gasteiger partial charge in [0.1, 0.15) is 12.3 Å². The van der Waals surface area contributed by atoms with E-state index in [1.54, 1.807) is 7.11 Å². The Morgan fingerprint density at radius 2 is 2.04 bits per heavy atom. The van der Waals surface area contributed by atoms with E-state index in [1.165, 1.54) is 34.2 Å². The predicted octanol–water partition coefficient (Wildman–Crippen LogP) is 2.62. The number of ether oxygens (including phenoxy) is 1. The van der Waals surface area contributed by atoms with Gasteiger partial charge in [-0.3, -0.25) is 14.2 Å². The van der Waals surface area contributed by atoms with Crippen LogP contribution in [0, 0.1) is 20.8 Å². The van der Waals surface area contributed by atoms with Crippen LogP contribution >= 0.6 is 0 Å². The second-order valence-electron chi connectivity index (χ2n) is 7.22. The van der Waals surface area contributed by atoms with Crippen molar-refractivity contribution < 1.29 is 9.26 Å². The molecule has 0 fully saturated rings. The Hall–Kier alpha value is -2.83. The van der Waals surface area contributed by atoms with Gasteiger partial charge >= 0.3 is 5.76 Å². The van der Waals surface area contributed by atoms with E-state index in [0.29, 0.717) is 12.4 Å². The zero-order valence-electron chi connectivity index (χ0n) is 16.2. The number of methoxy groups -OCH3 is 1. The highest BCUT2D eigenvalue weighted by Gasteiger charge is 2.23. The molecule has 0 spiro atoms. The normalized spacial score (nSPS) is 13.2. The molecule has 2 heterocycles. The van der Waals surface area contributed by atoms with Gasteiger partial charge in [-0.15, -0.1) is 0 Å². The lowest BCUT2D eigenvalue weighted by Crippen LogP contribution is -2.07. The number of rotatable bonds is 5. The van der Waals surface area contributed by atoms with Gasteiger partial charge in [0.2, 0.25) is 0 Å². The highest BCUT2D eigenvalue weighted by atomic mass is 16.5. The SMILES string of the molecule is COc1c(C)cc(Cc2c(C)nn(Cc3noc(=O)[nH]3)c2C)c2c1CCC2. The van der Waals surface area contributed by atoms with Crippen LogP contribution in [0.15, 0.2) is 15.4 Å². The quantitative estimate of drug-likeness (QED) is 0.748. The van der Waals surface area contributed by atoms with Crippen LogP contribution in [0.3, 0.4) is 0 Å². The van der Waals surface area contributed by atoms with Gasteiger partial charge in [0.15, 0.2) is 5.82 Å². The van der Waals surface area contributed by atoms with Crippen LogP contribution in [-0.2, 0) is 25.8 Å². The first-order chi connectivity index (χ1) is 13.0. The zero-order chi connectivity index (χ0) is 19.1. The molecule has 142 valence electrons. The van der Waals surface area contributed by atoms with Gasteiger partial charge in [-0.05, 0) is 62.3 Å². The Kier molecular flexibility index (Phi) is 4.37. The summed E-state index contributed by atoms with van der Waals surface area (Å²) in [6.45, 7) is 6.59. The van der Waals surface area contributed by atoms with Crippen LogP contribution in [0.1, 0.15) is 51.5 Å². The Morgan fingerprint density at radius 1 is 1.26 bits per heavy atom. The summed E-state index contributed by atoms with van der Waals surface area (Å²) < 4.78 is 12.1. The summed E-state index contributed by atoms with van der Waals surface area (Å²) in [5.41, 5.74) is 8.66. The molecule has 0 radical (unpaired) electrons. The van der Waals surface area contributed by atoms with E-state index in [1.807, 2.05) is 11.6 Å². The molecule has 0 saturated heterocycles. The van der Waals surface area contributed by atoms with E-state index in [2.05, 4.69) is 39.7 Å². The zero-order valence-corrected chi connectivity index (χ0v) is 16.2. The lowest BCUT2D eigenvalue weighted by atomic mass is 9.93. The number of benzene rings is 1. The van der Waals surface area contributed by atoms with E-state index < -0.39 is 5.76 Å². The van der Waals surface area contributed by atoms with Crippen molar-refractivity contribution in [2.75, 3.05) is 7.11 Å². The van der Waals surface area contributed by atoms with Gasteiger partial charge in [0.05, 0.1) is 12.8 Å². The molecule has 0 bridgehead atoms. The largest absolute Gasteiger partial charge is 0.496 e. The maximum atomic E-state index is 11.1. The second kappa shape index (κ2) is 6.72. The molecular weight excluding hydrogens is 344 g/mol. The van der Waals surface area contributed by atoms with Crippen LogP contribution < -0.4 is 10.5 Å². The van der Waals surface area contributed by atoms with Crippen molar-refractivity contribution in [3.8, 4) is 5.75 Å². The first-order valence-corrected chi connectivity index (χ1v) is 9.24. The molecule has 3 aromatic rings. The maximum Gasteiger partial charge on any atom is 0.438 e. The van der Waals surface area contributed by atoms with Gasteiger partial charge in [0, 0.05) is 17.7 Å². The van der Waals surface area contributed by atoms with Crippen LogP contribution in [0.4, 0.5) is 0 Å². The lowest BCUT2D eigenvalue weighted by molar-refractivity contribution is 0.379. The molecule has 4 rings (SSSR count). The first kappa shape index (κ1) is 17.6. The molecular formula is C20H24N4O3. The van der Waals surface area contributed by atoms with Crippen LogP contribution in [0.2, 0.25) is 0 Å². The van der Waals surface area contributed by atoms with Crippen molar-refractivity contribution in [1.82, 2.24) is 19.9 Å². The van der Waals surface area contributed by atoms with E-state index in [0.717, 1.165) is 36.4 Å². The number of H-pyrrole nitrogens is 1. The molecule has 0 aliphatic heterocycles. The van der Waals surface area contributed by atoms with Gasteiger partial charge in [-0.2, -0.15) is 5.10 Å². The van der Waals surface area contributed by atoms with Gasteiger partial charge in [-0.25, -0.2) is 4.79 Å². The predicted molar refractivity (Wildman–Crippen MR) is 100 cm³/mol. The Balaban J connectivity index is 1.69. The number of aromatic nitrogens is 4. The number of nitrogens with one attached hydrogen (secondary N) is 1. The van der Waals surface area contributed by atoms with Crippen LogP contribution in [-0.4, -0.2) is 27.0 Å².